The number of carbonyl (C=O) groups excluding carboxylic acids is 1. The summed E-state index contributed by atoms with van der Waals surface area (Å²) in [6.07, 6.45) is 0.430. The molecule has 0 atom stereocenters. The molecular formula is C14H20N4O. The minimum atomic E-state index is 0.130. The fraction of sp³-hybridized carbons (Fsp3) is 0.500. The number of carbonyl (C=O) groups is 1. The molecule has 0 aliphatic carbocycles. The maximum atomic E-state index is 11.8. The van der Waals surface area contributed by atoms with Crippen molar-refractivity contribution in [3.05, 3.63) is 23.4 Å². The van der Waals surface area contributed by atoms with Crippen molar-refractivity contribution in [2.75, 3.05) is 25.0 Å². The van der Waals surface area contributed by atoms with Crippen molar-refractivity contribution in [1.29, 1.82) is 5.26 Å². The van der Waals surface area contributed by atoms with Gasteiger partial charge in [-0.1, -0.05) is 0 Å². The van der Waals surface area contributed by atoms with E-state index in [0.29, 0.717) is 24.3 Å². The third-order valence-electron chi connectivity index (χ3n) is 2.84. The molecule has 0 aromatic carbocycles. The van der Waals surface area contributed by atoms with Gasteiger partial charge in [-0.3, -0.25) is 4.79 Å². The van der Waals surface area contributed by atoms with E-state index >= 15 is 0 Å². The van der Waals surface area contributed by atoms with Gasteiger partial charge in [0.15, 0.2) is 0 Å². The molecule has 1 heterocycles. The number of hydrogen-bond acceptors (Lipinski definition) is 4. The molecule has 1 N–H and O–H groups in total. The lowest BCUT2D eigenvalue weighted by Crippen LogP contribution is -2.31. The van der Waals surface area contributed by atoms with Crippen LogP contribution in [0.2, 0.25) is 0 Å². The van der Waals surface area contributed by atoms with Crippen LogP contribution in [0.1, 0.15) is 31.5 Å². The van der Waals surface area contributed by atoms with E-state index in [4.69, 9.17) is 5.26 Å². The van der Waals surface area contributed by atoms with Gasteiger partial charge in [0.2, 0.25) is 5.91 Å². The summed E-state index contributed by atoms with van der Waals surface area (Å²) in [6.45, 7) is 7.77. The zero-order valence-corrected chi connectivity index (χ0v) is 11.7. The van der Waals surface area contributed by atoms with Gasteiger partial charge in [0.25, 0.3) is 0 Å². The first-order valence-corrected chi connectivity index (χ1v) is 6.51. The number of nitrogens with one attached hydrogen (secondary N) is 1. The summed E-state index contributed by atoms with van der Waals surface area (Å²) in [5.41, 5.74) is 1.36. The molecule has 0 radical (unpaired) electrons. The second kappa shape index (κ2) is 7.37. The molecule has 5 heteroatoms. The zero-order valence-electron chi connectivity index (χ0n) is 11.7. The van der Waals surface area contributed by atoms with Crippen LogP contribution in [0.4, 0.5) is 5.82 Å². The van der Waals surface area contributed by atoms with Crippen molar-refractivity contribution >= 4 is 11.7 Å². The largest absolute Gasteiger partial charge is 0.370 e. The van der Waals surface area contributed by atoms with E-state index in [9.17, 15) is 4.79 Å². The SMILES string of the molecule is CCN(CC)C(=O)CCNc1cc(C#N)cc(C)n1. The van der Waals surface area contributed by atoms with Crippen molar-refractivity contribution in [1.82, 2.24) is 9.88 Å². The normalized spacial score (nSPS) is 9.79. The van der Waals surface area contributed by atoms with Gasteiger partial charge in [-0.05, 0) is 32.9 Å². The van der Waals surface area contributed by atoms with Crippen molar-refractivity contribution in [2.45, 2.75) is 27.2 Å². The number of nitrogens with zero attached hydrogens (tertiary/aromatic N) is 3. The Kier molecular flexibility index (Phi) is 5.80. The maximum Gasteiger partial charge on any atom is 0.224 e. The molecule has 5 nitrogen and oxygen atoms in total. The second-order valence-corrected chi connectivity index (χ2v) is 4.24. The number of amides is 1. The Balaban J connectivity index is 2.52. The highest BCUT2D eigenvalue weighted by atomic mass is 16.2. The molecule has 19 heavy (non-hydrogen) atoms. The van der Waals surface area contributed by atoms with Crippen LogP contribution in [0.25, 0.3) is 0 Å². The Morgan fingerprint density at radius 2 is 2.11 bits per heavy atom. The summed E-state index contributed by atoms with van der Waals surface area (Å²) in [7, 11) is 0. The Bertz CT molecular complexity index is 475. The maximum absolute atomic E-state index is 11.8. The number of pyridine rings is 1. The molecule has 0 bridgehead atoms. The molecule has 0 saturated heterocycles. The number of hydrogen-bond donors (Lipinski definition) is 1. The van der Waals surface area contributed by atoms with Gasteiger partial charge >= 0.3 is 0 Å². The molecule has 0 fully saturated rings. The Morgan fingerprint density at radius 1 is 1.42 bits per heavy atom. The predicted octanol–water partition coefficient (Wildman–Crippen LogP) is 1.93. The molecular weight excluding hydrogens is 240 g/mol. The highest BCUT2D eigenvalue weighted by Gasteiger charge is 2.08. The minimum Gasteiger partial charge on any atom is -0.370 e. The van der Waals surface area contributed by atoms with Gasteiger partial charge < -0.3 is 10.2 Å². The van der Waals surface area contributed by atoms with Crippen molar-refractivity contribution in [2.24, 2.45) is 0 Å². The van der Waals surface area contributed by atoms with Crippen LogP contribution < -0.4 is 5.32 Å². The lowest BCUT2D eigenvalue weighted by molar-refractivity contribution is -0.130. The first kappa shape index (κ1) is 15.0. The van der Waals surface area contributed by atoms with Gasteiger partial charge in [0.05, 0.1) is 11.6 Å². The number of anilines is 1. The predicted molar refractivity (Wildman–Crippen MR) is 74.7 cm³/mol. The topological polar surface area (TPSA) is 69.0 Å². The standard InChI is InChI=1S/C14H20N4O/c1-4-18(5-2)14(19)6-7-16-13-9-12(10-15)8-11(3)17-13/h8-9H,4-7H2,1-3H3,(H,16,17). The first-order valence-electron chi connectivity index (χ1n) is 6.51. The van der Waals surface area contributed by atoms with Crippen LogP contribution in [0, 0.1) is 18.3 Å². The van der Waals surface area contributed by atoms with Gasteiger partial charge in [-0.15, -0.1) is 0 Å². The van der Waals surface area contributed by atoms with E-state index in [1.165, 1.54) is 0 Å². The van der Waals surface area contributed by atoms with E-state index in [-0.39, 0.29) is 5.91 Å². The molecule has 0 aliphatic rings. The van der Waals surface area contributed by atoms with E-state index < -0.39 is 0 Å². The second-order valence-electron chi connectivity index (χ2n) is 4.24. The lowest BCUT2D eigenvalue weighted by Gasteiger charge is -2.18. The van der Waals surface area contributed by atoms with Crippen LogP contribution in [0.15, 0.2) is 12.1 Å². The molecule has 1 aromatic heterocycles. The highest BCUT2D eigenvalue weighted by molar-refractivity contribution is 5.76. The third-order valence-corrected chi connectivity index (χ3v) is 2.84. The van der Waals surface area contributed by atoms with Gasteiger partial charge in [0.1, 0.15) is 5.82 Å². The van der Waals surface area contributed by atoms with E-state index in [1.807, 2.05) is 20.8 Å². The summed E-state index contributed by atoms with van der Waals surface area (Å²) in [6, 6.07) is 5.51. The molecule has 0 saturated carbocycles. The number of aromatic nitrogens is 1. The summed E-state index contributed by atoms with van der Waals surface area (Å²) in [5, 5.41) is 12.0. The van der Waals surface area contributed by atoms with E-state index in [0.717, 1.165) is 18.8 Å². The number of rotatable bonds is 6. The number of nitriles is 1. The lowest BCUT2D eigenvalue weighted by atomic mass is 10.2. The molecule has 0 spiro atoms. The Labute approximate surface area is 114 Å². The molecule has 102 valence electrons. The minimum absolute atomic E-state index is 0.130. The Hall–Kier alpha value is -2.09. The van der Waals surface area contributed by atoms with Gasteiger partial charge in [-0.2, -0.15) is 5.26 Å². The van der Waals surface area contributed by atoms with Crippen molar-refractivity contribution < 1.29 is 4.79 Å². The smallest absolute Gasteiger partial charge is 0.224 e. The van der Waals surface area contributed by atoms with Crippen LogP contribution in [-0.2, 0) is 4.79 Å². The van der Waals surface area contributed by atoms with Crippen LogP contribution in [-0.4, -0.2) is 35.4 Å². The monoisotopic (exact) mass is 260 g/mol. The molecule has 1 aromatic rings. The summed E-state index contributed by atoms with van der Waals surface area (Å²) < 4.78 is 0. The molecule has 0 unspecified atom stereocenters. The fourth-order valence-corrected chi connectivity index (χ4v) is 1.86. The molecule has 0 aliphatic heterocycles. The average Bonchev–Trinajstić information content (AvgIpc) is 2.39. The van der Waals surface area contributed by atoms with E-state index in [1.54, 1.807) is 17.0 Å². The van der Waals surface area contributed by atoms with Crippen molar-refractivity contribution in [3.63, 3.8) is 0 Å². The highest BCUT2D eigenvalue weighted by Crippen LogP contribution is 2.09. The molecule has 1 amide bonds. The Morgan fingerprint density at radius 3 is 2.68 bits per heavy atom. The van der Waals surface area contributed by atoms with Gasteiger partial charge in [0, 0.05) is 31.7 Å². The number of aryl methyl sites for hydroxylation is 1. The zero-order chi connectivity index (χ0) is 14.3. The van der Waals surface area contributed by atoms with Crippen LogP contribution >= 0.6 is 0 Å². The fourth-order valence-electron chi connectivity index (χ4n) is 1.86. The van der Waals surface area contributed by atoms with Gasteiger partial charge in [-0.25, -0.2) is 4.98 Å². The molecule has 1 rings (SSSR count). The summed E-state index contributed by atoms with van der Waals surface area (Å²) >= 11 is 0. The summed E-state index contributed by atoms with van der Waals surface area (Å²) in [4.78, 5) is 17.9. The average molecular weight is 260 g/mol. The third kappa shape index (κ3) is 4.59. The quantitative estimate of drug-likeness (QED) is 0.848. The van der Waals surface area contributed by atoms with Crippen LogP contribution in [0.5, 0.6) is 0 Å². The van der Waals surface area contributed by atoms with E-state index in [2.05, 4.69) is 16.4 Å². The van der Waals surface area contributed by atoms with Crippen LogP contribution in [0.3, 0.4) is 0 Å². The van der Waals surface area contributed by atoms with Crippen molar-refractivity contribution in [3.8, 4) is 6.07 Å². The summed E-state index contributed by atoms with van der Waals surface area (Å²) in [5.74, 6) is 0.773. The first-order chi connectivity index (χ1) is 9.10.